The van der Waals surface area contributed by atoms with Crippen molar-refractivity contribution >= 4 is 57.2 Å². The highest BCUT2D eigenvalue weighted by molar-refractivity contribution is 7.00. The normalized spacial score (nSPS) is 15.2. The standard InChI is InChI=1S/C48H45BN2/c1-47(2,3)36-17-21-38(22-18-36)50-42-23-19-37(48(4,5)6)29-41(42)49-40-25-33-14-15-34(33)26-43(40)51(39-20-16-31-12-13-32(31)24-39)45-28-35(27-44(50)46(45)49)30-10-8-7-9-11-30/h7-11,16-29H,12-15H2,1-6H3. The van der Waals surface area contributed by atoms with Crippen LogP contribution in [0, 0.1) is 0 Å². The van der Waals surface area contributed by atoms with E-state index in [2.05, 4.69) is 167 Å². The molecule has 0 spiro atoms. The average molecular weight is 661 g/mol. The zero-order valence-electron chi connectivity index (χ0n) is 30.8. The van der Waals surface area contributed by atoms with Gasteiger partial charge in [0.15, 0.2) is 0 Å². The molecule has 0 bridgehead atoms. The highest BCUT2D eigenvalue weighted by atomic mass is 15.2. The molecule has 0 aromatic heterocycles. The Kier molecular flexibility index (Phi) is 6.49. The van der Waals surface area contributed by atoms with E-state index < -0.39 is 0 Å². The van der Waals surface area contributed by atoms with Gasteiger partial charge in [0.05, 0.1) is 0 Å². The number of anilines is 6. The van der Waals surface area contributed by atoms with Crippen LogP contribution in [0.5, 0.6) is 0 Å². The first kappa shape index (κ1) is 30.8. The van der Waals surface area contributed by atoms with Crippen LogP contribution in [0.1, 0.15) is 74.9 Å². The van der Waals surface area contributed by atoms with Crippen LogP contribution in [-0.4, -0.2) is 6.71 Å². The highest BCUT2D eigenvalue weighted by Crippen LogP contribution is 2.48. The Morgan fingerprint density at radius 1 is 0.431 bits per heavy atom. The maximum Gasteiger partial charge on any atom is 0.252 e. The van der Waals surface area contributed by atoms with Gasteiger partial charge in [-0.05, 0) is 146 Å². The molecule has 0 saturated heterocycles. The molecule has 0 amide bonds. The van der Waals surface area contributed by atoms with Crippen LogP contribution in [-0.2, 0) is 36.5 Å². The van der Waals surface area contributed by atoms with Crippen molar-refractivity contribution < 1.29 is 0 Å². The van der Waals surface area contributed by atoms with Gasteiger partial charge in [0.2, 0.25) is 0 Å². The zero-order chi connectivity index (χ0) is 34.8. The Hall–Kier alpha value is -5.02. The topological polar surface area (TPSA) is 6.48 Å². The van der Waals surface area contributed by atoms with Gasteiger partial charge in [-0.25, -0.2) is 0 Å². The third kappa shape index (κ3) is 4.70. The van der Waals surface area contributed by atoms with E-state index in [4.69, 9.17) is 0 Å². The number of hydrogen-bond donors (Lipinski definition) is 0. The van der Waals surface area contributed by atoms with Gasteiger partial charge in [0.1, 0.15) is 0 Å². The minimum absolute atomic E-state index is 0.0321. The first-order valence-electron chi connectivity index (χ1n) is 18.9. The van der Waals surface area contributed by atoms with E-state index in [1.165, 1.54) is 114 Å². The van der Waals surface area contributed by atoms with Gasteiger partial charge < -0.3 is 9.80 Å². The quantitative estimate of drug-likeness (QED) is 0.174. The van der Waals surface area contributed by atoms with Crippen LogP contribution in [0.4, 0.5) is 34.1 Å². The third-order valence-corrected chi connectivity index (χ3v) is 12.1. The van der Waals surface area contributed by atoms with Crippen molar-refractivity contribution in [2.24, 2.45) is 0 Å². The molecule has 0 saturated carbocycles. The lowest BCUT2D eigenvalue weighted by Crippen LogP contribution is -2.61. The predicted molar refractivity (Wildman–Crippen MR) is 218 cm³/mol. The minimum atomic E-state index is 0.0321. The van der Waals surface area contributed by atoms with Crippen LogP contribution in [0.15, 0.2) is 115 Å². The molecule has 0 N–H and O–H groups in total. The first-order chi connectivity index (χ1) is 24.5. The van der Waals surface area contributed by atoms with Gasteiger partial charge in [-0.15, -0.1) is 0 Å². The molecule has 0 unspecified atom stereocenters. The fraction of sp³-hybridized carbons (Fsp3) is 0.250. The molecule has 2 nitrogen and oxygen atoms in total. The molecule has 0 radical (unpaired) electrons. The monoisotopic (exact) mass is 660 g/mol. The Bertz CT molecular complexity index is 2390. The summed E-state index contributed by atoms with van der Waals surface area (Å²) in [6.45, 7) is 14.1. The second-order valence-electron chi connectivity index (χ2n) is 17.4. The van der Waals surface area contributed by atoms with E-state index >= 15 is 0 Å². The van der Waals surface area contributed by atoms with Crippen molar-refractivity contribution in [3.8, 4) is 11.1 Å². The molecule has 2 heterocycles. The molecule has 10 rings (SSSR count). The van der Waals surface area contributed by atoms with E-state index in [1.54, 1.807) is 0 Å². The van der Waals surface area contributed by atoms with Crippen molar-refractivity contribution in [3.05, 3.63) is 149 Å². The fourth-order valence-electron chi connectivity index (χ4n) is 8.95. The first-order valence-corrected chi connectivity index (χ1v) is 18.9. The highest BCUT2D eigenvalue weighted by Gasteiger charge is 2.45. The van der Waals surface area contributed by atoms with Gasteiger partial charge in [-0.3, -0.25) is 0 Å². The Morgan fingerprint density at radius 3 is 1.63 bits per heavy atom. The van der Waals surface area contributed by atoms with Crippen molar-refractivity contribution in [1.82, 2.24) is 0 Å². The van der Waals surface area contributed by atoms with Crippen molar-refractivity contribution in [2.75, 3.05) is 9.80 Å². The van der Waals surface area contributed by atoms with Crippen LogP contribution < -0.4 is 26.2 Å². The number of nitrogens with zero attached hydrogens (tertiary/aromatic N) is 2. The molecular weight excluding hydrogens is 615 g/mol. The van der Waals surface area contributed by atoms with Crippen LogP contribution >= 0.6 is 0 Å². The molecular formula is C48H45BN2. The summed E-state index contributed by atoms with van der Waals surface area (Å²) in [5.74, 6) is 0. The van der Waals surface area contributed by atoms with Crippen molar-refractivity contribution in [2.45, 2.75) is 78.1 Å². The van der Waals surface area contributed by atoms with Crippen LogP contribution in [0.2, 0.25) is 0 Å². The van der Waals surface area contributed by atoms with Crippen LogP contribution in [0.3, 0.4) is 0 Å². The third-order valence-electron chi connectivity index (χ3n) is 12.1. The molecule has 250 valence electrons. The number of benzene rings is 6. The fourth-order valence-corrected chi connectivity index (χ4v) is 8.95. The zero-order valence-corrected chi connectivity index (χ0v) is 30.8. The van der Waals surface area contributed by atoms with E-state index in [1.807, 2.05) is 0 Å². The summed E-state index contributed by atoms with van der Waals surface area (Å²) in [6.07, 6.45) is 4.69. The summed E-state index contributed by atoms with van der Waals surface area (Å²) >= 11 is 0. The van der Waals surface area contributed by atoms with E-state index in [0.29, 0.717) is 0 Å². The summed E-state index contributed by atoms with van der Waals surface area (Å²) in [6, 6.07) is 45.0. The number of rotatable bonds is 3. The van der Waals surface area contributed by atoms with Gasteiger partial charge >= 0.3 is 0 Å². The maximum absolute atomic E-state index is 2.62. The number of aryl methyl sites for hydroxylation is 4. The van der Waals surface area contributed by atoms with Crippen molar-refractivity contribution in [1.29, 1.82) is 0 Å². The molecule has 2 aliphatic carbocycles. The predicted octanol–water partition coefficient (Wildman–Crippen LogP) is 10.2. The molecule has 2 aliphatic heterocycles. The Balaban J connectivity index is 1.31. The summed E-state index contributed by atoms with van der Waals surface area (Å²) in [4.78, 5) is 5.19. The lowest BCUT2D eigenvalue weighted by atomic mass is 9.33. The molecule has 6 aromatic carbocycles. The SMILES string of the molecule is CC(C)(C)c1ccc(N2c3ccc(C(C)(C)C)cc3B3c4cc5c(cc4N(c4ccc6c(c4)CC6)c4cc(-c6ccccc6)cc2c43)CC5)cc1. The van der Waals surface area contributed by atoms with Gasteiger partial charge in [-0.2, -0.15) is 0 Å². The summed E-state index contributed by atoms with van der Waals surface area (Å²) in [5.41, 5.74) is 23.3. The number of hydrogen-bond acceptors (Lipinski definition) is 2. The molecule has 3 heteroatoms. The second-order valence-corrected chi connectivity index (χ2v) is 17.4. The minimum Gasteiger partial charge on any atom is -0.311 e. The van der Waals surface area contributed by atoms with E-state index in [-0.39, 0.29) is 17.5 Å². The summed E-state index contributed by atoms with van der Waals surface area (Å²) in [5, 5.41) is 0. The maximum atomic E-state index is 2.62. The summed E-state index contributed by atoms with van der Waals surface area (Å²) in [7, 11) is 0. The molecule has 51 heavy (non-hydrogen) atoms. The smallest absolute Gasteiger partial charge is 0.252 e. The molecule has 0 fully saturated rings. The van der Waals surface area contributed by atoms with Gasteiger partial charge in [-0.1, -0.05) is 108 Å². The molecule has 0 atom stereocenters. The van der Waals surface area contributed by atoms with Gasteiger partial charge in [0.25, 0.3) is 6.71 Å². The second kappa shape index (κ2) is 10.7. The van der Waals surface area contributed by atoms with E-state index in [0.717, 1.165) is 6.42 Å². The lowest BCUT2D eigenvalue weighted by Gasteiger charge is -2.45. The van der Waals surface area contributed by atoms with E-state index in [9.17, 15) is 0 Å². The molecule has 4 aliphatic rings. The van der Waals surface area contributed by atoms with Crippen LogP contribution in [0.25, 0.3) is 11.1 Å². The summed E-state index contributed by atoms with van der Waals surface area (Å²) < 4.78 is 0. The number of fused-ring (bicyclic) bond motifs is 6. The lowest BCUT2D eigenvalue weighted by molar-refractivity contribution is 0.590. The Labute approximate surface area is 303 Å². The largest absolute Gasteiger partial charge is 0.311 e. The Morgan fingerprint density at radius 2 is 1.00 bits per heavy atom. The van der Waals surface area contributed by atoms with Crippen molar-refractivity contribution in [3.63, 3.8) is 0 Å². The van der Waals surface area contributed by atoms with Gasteiger partial charge in [0, 0.05) is 34.1 Å². The average Bonchev–Trinajstić information content (AvgIpc) is 3.09. The molecule has 6 aromatic rings.